The average molecular weight is 582 g/mol. The normalized spacial score (nSPS) is 15.2. The molecule has 3 heterocycles. The van der Waals surface area contributed by atoms with E-state index in [1.165, 1.54) is 16.7 Å². The molecular formula is C28H21ClFN3O6S. The number of hydrogen-bond donors (Lipinski definition) is 0. The molecule has 2 aromatic heterocycles. The maximum absolute atomic E-state index is 13.8. The fourth-order valence-corrected chi connectivity index (χ4v) is 5.49. The van der Waals surface area contributed by atoms with E-state index in [-0.39, 0.29) is 22.0 Å². The van der Waals surface area contributed by atoms with Crippen LogP contribution in [0.25, 0.3) is 17.4 Å². The van der Waals surface area contributed by atoms with Crippen molar-refractivity contribution in [2.45, 2.75) is 32.9 Å². The van der Waals surface area contributed by atoms with Gasteiger partial charge in [-0.3, -0.25) is 19.5 Å². The number of halogens is 2. The Bertz CT molecular complexity index is 1870. The zero-order valence-electron chi connectivity index (χ0n) is 21.4. The van der Waals surface area contributed by atoms with Crippen molar-refractivity contribution >= 4 is 40.7 Å². The van der Waals surface area contributed by atoms with Crippen molar-refractivity contribution in [2.75, 3.05) is 0 Å². The highest BCUT2D eigenvalue weighted by Gasteiger charge is 2.33. The highest BCUT2D eigenvalue weighted by Crippen LogP contribution is 2.32. The number of hydrogen-bond acceptors (Lipinski definition) is 8. The molecule has 0 fully saturated rings. The molecule has 40 heavy (non-hydrogen) atoms. The Morgan fingerprint density at radius 3 is 2.62 bits per heavy atom. The largest absolute Gasteiger partial charge is 0.459 e. The molecule has 0 radical (unpaired) electrons. The third-order valence-electron chi connectivity index (χ3n) is 6.10. The fraction of sp³-hybridized carbons (Fsp3) is 0.179. The van der Waals surface area contributed by atoms with Crippen molar-refractivity contribution in [1.29, 1.82) is 0 Å². The number of furan rings is 1. The molecule has 204 valence electrons. The van der Waals surface area contributed by atoms with Crippen LogP contribution in [0.5, 0.6) is 0 Å². The van der Waals surface area contributed by atoms with Crippen LogP contribution in [0.1, 0.15) is 38.1 Å². The third kappa shape index (κ3) is 5.13. The first-order valence-corrected chi connectivity index (χ1v) is 13.3. The van der Waals surface area contributed by atoms with E-state index in [4.69, 9.17) is 20.8 Å². The van der Waals surface area contributed by atoms with Crippen LogP contribution in [0, 0.1) is 15.9 Å². The van der Waals surface area contributed by atoms with Crippen molar-refractivity contribution in [3.8, 4) is 11.3 Å². The van der Waals surface area contributed by atoms with Gasteiger partial charge in [0.05, 0.1) is 32.9 Å². The lowest BCUT2D eigenvalue weighted by Gasteiger charge is -2.25. The van der Waals surface area contributed by atoms with Crippen LogP contribution in [-0.4, -0.2) is 21.6 Å². The average Bonchev–Trinajstić information content (AvgIpc) is 3.48. The molecule has 0 saturated heterocycles. The standard InChI is InChI=1S/C28H21ClFN3O6S/c1-14(2)38-27(35)24-15(3)31-28-32(25(24)16-4-7-18(29)8-5-16)26(34)23(40-28)13-19-9-11-22(39-19)17-6-10-20(30)21(12-17)33(36)37/h4-14,25H,1-3H3/b23-13-/t25-/m0/s1. The molecule has 0 spiro atoms. The van der Waals surface area contributed by atoms with Gasteiger partial charge in [0.25, 0.3) is 5.56 Å². The quantitative estimate of drug-likeness (QED) is 0.177. The summed E-state index contributed by atoms with van der Waals surface area (Å²) in [6.07, 6.45) is 1.15. The molecule has 5 rings (SSSR count). The van der Waals surface area contributed by atoms with Crippen molar-refractivity contribution in [3.05, 3.63) is 118 Å². The maximum Gasteiger partial charge on any atom is 0.338 e. The molecule has 4 aromatic rings. The number of esters is 1. The maximum atomic E-state index is 13.8. The number of allylic oxidation sites excluding steroid dienone is 1. The van der Waals surface area contributed by atoms with E-state index in [1.54, 1.807) is 57.2 Å². The highest BCUT2D eigenvalue weighted by atomic mass is 35.5. The van der Waals surface area contributed by atoms with Gasteiger partial charge in [-0.25, -0.2) is 9.79 Å². The molecule has 12 heteroatoms. The van der Waals surface area contributed by atoms with Crippen LogP contribution in [0.3, 0.4) is 0 Å². The minimum Gasteiger partial charge on any atom is -0.459 e. The SMILES string of the molecule is CC1=C(C(=O)OC(C)C)[C@H](c2ccc(Cl)cc2)n2c(s/c(=C\c3ccc(-c4ccc(F)c([N+](=O)[O-])c4)o3)c2=O)=N1. The number of carbonyl (C=O) groups is 1. The van der Waals surface area contributed by atoms with E-state index in [0.717, 1.165) is 23.5 Å². The first-order chi connectivity index (χ1) is 19.0. The molecule has 0 N–H and O–H groups in total. The van der Waals surface area contributed by atoms with Gasteiger partial charge in [-0.1, -0.05) is 35.1 Å². The van der Waals surface area contributed by atoms with Gasteiger partial charge in [-0.15, -0.1) is 0 Å². The summed E-state index contributed by atoms with van der Waals surface area (Å²) in [6.45, 7) is 5.17. The second-order valence-corrected chi connectivity index (χ2v) is 10.7. The van der Waals surface area contributed by atoms with Crippen LogP contribution < -0.4 is 14.9 Å². The molecular weight excluding hydrogens is 561 g/mol. The molecule has 1 atom stereocenters. The van der Waals surface area contributed by atoms with Crippen LogP contribution in [0.15, 0.2) is 80.1 Å². The van der Waals surface area contributed by atoms with Crippen LogP contribution in [0.2, 0.25) is 5.02 Å². The number of benzene rings is 2. The minimum absolute atomic E-state index is 0.244. The molecule has 1 aliphatic rings. The molecule has 0 saturated carbocycles. The number of nitro groups is 1. The summed E-state index contributed by atoms with van der Waals surface area (Å²) < 4.78 is 26.8. The smallest absolute Gasteiger partial charge is 0.338 e. The Hall–Kier alpha value is -4.35. The van der Waals surface area contributed by atoms with Gasteiger partial charge < -0.3 is 9.15 Å². The monoisotopic (exact) mass is 581 g/mol. The molecule has 0 unspecified atom stereocenters. The minimum atomic E-state index is -0.955. The van der Waals surface area contributed by atoms with Crippen molar-refractivity contribution in [1.82, 2.24) is 4.57 Å². The van der Waals surface area contributed by atoms with Gasteiger partial charge in [0, 0.05) is 22.7 Å². The third-order valence-corrected chi connectivity index (χ3v) is 7.33. The topological polar surface area (TPSA) is 117 Å². The molecule has 2 aromatic carbocycles. The summed E-state index contributed by atoms with van der Waals surface area (Å²) in [5.74, 6) is -0.973. The van der Waals surface area contributed by atoms with Crippen molar-refractivity contribution in [2.24, 2.45) is 4.99 Å². The summed E-state index contributed by atoms with van der Waals surface area (Å²) >= 11 is 7.22. The second kappa shape index (κ2) is 10.7. The zero-order valence-corrected chi connectivity index (χ0v) is 23.0. The molecule has 9 nitrogen and oxygen atoms in total. The zero-order chi connectivity index (χ0) is 28.7. The summed E-state index contributed by atoms with van der Waals surface area (Å²) in [7, 11) is 0. The summed E-state index contributed by atoms with van der Waals surface area (Å²) in [5.41, 5.74) is 0.556. The van der Waals surface area contributed by atoms with E-state index >= 15 is 0 Å². The van der Waals surface area contributed by atoms with Crippen LogP contribution in [0.4, 0.5) is 10.1 Å². The van der Waals surface area contributed by atoms with Gasteiger partial charge in [0.15, 0.2) is 4.80 Å². The lowest BCUT2D eigenvalue weighted by atomic mass is 9.96. The van der Waals surface area contributed by atoms with E-state index in [0.29, 0.717) is 32.4 Å². The van der Waals surface area contributed by atoms with Crippen molar-refractivity contribution in [3.63, 3.8) is 0 Å². The first-order valence-electron chi connectivity index (χ1n) is 12.1. The van der Waals surface area contributed by atoms with Crippen molar-refractivity contribution < 1.29 is 23.3 Å². The predicted octanol–water partition coefficient (Wildman–Crippen LogP) is 5.15. The number of rotatable bonds is 6. The summed E-state index contributed by atoms with van der Waals surface area (Å²) in [5, 5.41) is 11.6. The van der Waals surface area contributed by atoms with Gasteiger partial charge in [0.2, 0.25) is 5.82 Å². The number of carbonyl (C=O) groups excluding carboxylic acids is 1. The number of nitrogens with zero attached hydrogens (tertiary/aromatic N) is 3. The molecule has 1 aliphatic heterocycles. The number of fused-ring (bicyclic) bond motifs is 1. The number of aromatic nitrogens is 1. The molecule has 0 bridgehead atoms. The Balaban J connectivity index is 1.61. The number of ether oxygens (including phenoxy) is 1. The van der Waals surface area contributed by atoms with Gasteiger partial charge in [-0.05, 0) is 62.7 Å². The van der Waals surface area contributed by atoms with Gasteiger partial charge in [-0.2, -0.15) is 4.39 Å². The highest BCUT2D eigenvalue weighted by molar-refractivity contribution is 7.07. The fourth-order valence-electron chi connectivity index (χ4n) is 4.34. The Morgan fingerprint density at radius 1 is 1.23 bits per heavy atom. The van der Waals surface area contributed by atoms with Crippen LogP contribution >= 0.6 is 22.9 Å². The first kappa shape index (κ1) is 27.2. The van der Waals surface area contributed by atoms with Gasteiger partial charge >= 0.3 is 11.7 Å². The molecule has 0 aliphatic carbocycles. The summed E-state index contributed by atoms with van der Waals surface area (Å²) in [4.78, 5) is 42.1. The second-order valence-electron chi connectivity index (χ2n) is 9.21. The van der Waals surface area contributed by atoms with Gasteiger partial charge in [0.1, 0.15) is 11.5 Å². The van der Waals surface area contributed by atoms with E-state index in [9.17, 15) is 24.1 Å². The lowest BCUT2D eigenvalue weighted by Crippen LogP contribution is -2.40. The van der Waals surface area contributed by atoms with E-state index in [2.05, 4.69) is 4.99 Å². The Morgan fingerprint density at radius 2 is 1.95 bits per heavy atom. The number of thiazole rings is 1. The predicted molar refractivity (Wildman–Crippen MR) is 147 cm³/mol. The summed E-state index contributed by atoms with van der Waals surface area (Å²) in [6, 6.07) is 12.7. The number of nitro benzene ring substituents is 1. The van der Waals surface area contributed by atoms with E-state index in [1.807, 2.05) is 0 Å². The Kier molecular flexibility index (Phi) is 7.26. The van der Waals surface area contributed by atoms with Crippen LogP contribution in [-0.2, 0) is 9.53 Å². The van der Waals surface area contributed by atoms with E-state index < -0.39 is 34.0 Å². The molecule has 0 amide bonds. The Labute approximate surface area is 235 Å². The lowest BCUT2D eigenvalue weighted by molar-refractivity contribution is -0.387.